The number of hydrogen-bond acceptors (Lipinski definition) is 7. The molecule has 0 spiro atoms. The number of aromatic nitrogens is 2. The fourth-order valence-corrected chi connectivity index (χ4v) is 2.61. The van der Waals surface area contributed by atoms with E-state index in [0.717, 1.165) is 5.69 Å². The predicted octanol–water partition coefficient (Wildman–Crippen LogP) is 4.47. The third-order valence-corrected chi connectivity index (χ3v) is 3.89. The van der Waals surface area contributed by atoms with E-state index in [1.165, 1.54) is 12.3 Å². The van der Waals surface area contributed by atoms with Crippen molar-refractivity contribution in [2.24, 2.45) is 0 Å². The van der Waals surface area contributed by atoms with Crippen molar-refractivity contribution in [1.29, 1.82) is 0 Å². The maximum atomic E-state index is 11.0. The van der Waals surface area contributed by atoms with Gasteiger partial charge in [-0.3, -0.25) is 0 Å². The Kier molecular flexibility index (Phi) is 4.51. The number of aromatic carboxylic acids is 1. The lowest BCUT2D eigenvalue weighted by atomic mass is 10.3. The molecule has 0 unspecified atom stereocenters. The molecule has 8 nitrogen and oxygen atoms in total. The predicted molar refractivity (Wildman–Crippen MR) is 102 cm³/mol. The average molecular weight is 377 g/mol. The van der Waals surface area contributed by atoms with Crippen molar-refractivity contribution in [3.63, 3.8) is 0 Å². The summed E-state index contributed by atoms with van der Waals surface area (Å²) in [6, 6.07) is 15.8. The van der Waals surface area contributed by atoms with Crippen molar-refractivity contribution < 1.29 is 23.8 Å². The van der Waals surface area contributed by atoms with Crippen molar-refractivity contribution in [1.82, 2.24) is 9.97 Å². The number of anilines is 2. The van der Waals surface area contributed by atoms with Gasteiger partial charge in [0, 0.05) is 18.3 Å². The number of rotatable bonds is 6. The summed E-state index contributed by atoms with van der Waals surface area (Å²) >= 11 is 0. The molecule has 0 aliphatic rings. The maximum Gasteiger partial charge on any atom is 0.354 e. The summed E-state index contributed by atoms with van der Waals surface area (Å²) in [6.45, 7) is 0. The molecule has 2 N–H and O–H groups in total. The van der Waals surface area contributed by atoms with E-state index in [-0.39, 0.29) is 5.69 Å². The van der Waals surface area contributed by atoms with E-state index in [1.54, 1.807) is 31.4 Å². The molecule has 0 aliphatic carbocycles. The van der Waals surface area contributed by atoms with E-state index in [0.29, 0.717) is 34.4 Å². The number of nitrogens with zero attached hydrogens (tertiary/aromatic N) is 2. The molecule has 4 rings (SSSR count). The van der Waals surface area contributed by atoms with Crippen LogP contribution in [0, 0.1) is 0 Å². The number of benzene rings is 2. The van der Waals surface area contributed by atoms with Gasteiger partial charge in [0.15, 0.2) is 11.3 Å². The number of hydrogen-bond donors (Lipinski definition) is 2. The van der Waals surface area contributed by atoms with E-state index >= 15 is 0 Å². The number of carboxylic acids is 1. The molecule has 0 atom stereocenters. The van der Waals surface area contributed by atoms with Crippen LogP contribution >= 0.6 is 0 Å². The number of oxazole rings is 1. The van der Waals surface area contributed by atoms with Crippen LogP contribution in [0.3, 0.4) is 0 Å². The molecule has 2 heterocycles. The largest absolute Gasteiger partial charge is 0.495 e. The molecule has 2 aromatic carbocycles. The van der Waals surface area contributed by atoms with Gasteiger partial charge in [-0.15, -0.1) is 0 Å². The zero-order chi connectivity index (χ0) is 19.5. The number of carboxylic acid groups (broad SMARTS) is 1. The molecular weight excluding hydrogens is 362 g/mol. The van der Waals surface area contributed by atoms with E-state index in [1.807, 2.05) is 24.3 Å². The smallest absolute Gasteiger partial charge is 0.354 e. The zero-order valence-electron chi connectivity index (χ0n) is 14.7. The quantitative estimate of drug-likeness (QED) is 0.507. The Balaban J connectivity index is 1.58. The van der Waals surface area contributed by atoms with E-state index in [9.17, 15) is 4.79 Å². The van der Waals surface area contributed by atoms with Crippen LogP contribution in [0.2, 0.25) is 0 Å². The van der Waals surface area contributed by atoms with E-state index in [2.05, 4.69) is 15.3 Å². The molecule has 2 aromatic heterocycles. The molecule has 0 amide bonds. The minimum absolute atomic E-state index is 0.0958. The Morgan fingerprint density at radius 3 is 2.75 bits per heavy atom. The van der Waals surface area contributed by atoms with Gasteiger partial charge in [0.05, 0.1) is 12.8 Å². The third kappa shape index (κ3) is 3.56. The second-order valence-corrected chi connectivity index (χ2v) is 5.76. The highest BCUT2D eigenvalue weighted by atomic mass is 16.5. The topological polar surface area (TPSA) is 107 Å². The van der Waals surface area contributed by atoms with Crippen molar-refractivity contribution in [3.8, 4) is 17.2 Å². The van der Waals surface area contributed by atoms with Gasteiger partial charge >= 0.3 is 5.97 Å². The lowest BCUT2D eigenvalue weighted by molar-refractivity contribution is 0.0690. The lowest BCUT2D eigenvalue weighted by Crippen LogP contribution is -1.99. The molecule has 28 heavy (non-hydrogen) atoms. The molecule has 0 saturated carbocycles. The number of ether oxygens (including phenoxy) is 2. The van der Waals surface area contributed by atoms with Crippen LogP contribution in [0.25, 0.3) is 11.1 Å². The van der Waals surface area contributed by atoms with Crippen LogP contribution in [0.1, 0.15) is 10.5 Å². The minimum Gasteiger partial charge on any atom is -0.495 e. The highest BCUT2D eigenvalue weighted by molar-refractivity contribution is 5.85. The lowest BCUT2D eigenvalue weighted by Gasteiger charge is -2.07. The first-order valence-corrected chi connectivity index (χ1v) is 8.30. The summed E-state index contributed by atoms with van der Waals surface area (Å²) < 4.78 is 16.8. The first-order chi connectivity index (χ1) is 13.6. The number of carbonyl (C=O) groups is 1. The highest BCUT2D eigenvalue weighted by Crippen LogP contribution is 2.31. The van der Waals surface area contributed by atoms with Gasteiger partial charge in [-0.2, -0.15) is 4.98 Å². The molecule has 0 saturated heterocycles. The second-order valence-electron chi connectivity index (χ2n) is 5.76. The molecule has 0 aliphatic heterocycles. The first kappa shape index (κ1) is 17.3. The zero-order valence-corrected chi connectivity index (χ0v) is 14.7. The first-order valence-electron chi connectivity index (χ1n) is 8.30. The molecular formula is C20H15N3O5. The molecule has 4 aromatic rings. The molecule has 8 heteroatoms. The van der Waals surface area contributed by atoms with E-state index in [4.69, 9.17) is 19.0 Å². The summed E-state index contributed by atoms with van der Waals surface area (Å²) in [5.74, 6) is 0.387. The fourth-order valence-electron chi connectivity index (χ4n) is 2.61. The van der Waals surface area contributed by atoms with Crippen LogP contribution in [0.4, 0.5) is 11.7 Å². The number of nitrogens with one attached hydrogen (secondary N) is 1. The number of methoxy groups -OCH3 is 1. The van der Waals surface area contributed by atoms with Gasteiger partial charge in [0.25, 0.3) is 6.01 Å². The van der Waals surface area contributed by atoms with Crippen molar-refractivity contribution in [3.05, 3.63) is 66.5 Å². The standard InChI is InChI=1S/C20H15N3O5/c1-26-17-5-3-2-4-14(17)22-20-23-15-7-6-12(11-18(15)28-20)27-13-8-9-21-16(10-13)19(24)25/h2-11H,1H3,(H,22,23)(H,24,25). The Morgan fingerprint density at radius 2 is 1.93 bits per heavy atom. The van der Waals surface area contributed by atoms with Gasteiger partial charge in [-0.25, -0.2) is 9.78 Å². The molecule has 0 radical (unpaired) electrons. The Morgan fingerprint density at radius 1 is 1.11 bits per heavy atom. The van der Waals surface area contributed by atoms with Crippen LogP contribution in [-0.2, 0) is 0 Å². The van der Waals surface area contributed by atoms with Crippen LogP contribution in [0.15, 0.2) is 65.2 Å². The summed E-state index contributed by atoms with van der Waals surface area (Å²) in [7, 11) is 1.59. The van der Waals surface area contributed by atoms with Crippen molar-refractivity contribution >= 4 is 28.8 Å². The average Bonchev–Trinajstić information content (AvgIpc) is 3.10. The van der Waals surface area contributed by atoms with Crippen LogP contribution in [0.5, 0.6) is 17.2 Å². The maximum absolute atomic E-state index is 11.0. The number of para-hydroxylation sites is 2. The van der Waals surface area contributed by atoms with Crippen molar-refractivity contribution in [2.45, 2.75) is 0 Å². The monoisotopic (exact) mass is 377 g/mol. The number of fused-ring (bicyclic) bond motifs is 1. The van der Waals surface area contributed by atoms with Gasteiger partial charge in [0.2, 0.25) is 0 Å². The summed E-state index contributed by atoms with van der Waals surface area (Å²) in [4.78, 5) is 19.2. The SMILES string of the molecule is COc1ccccc1Nc1nc2ccc(Oc3ccnc(C(=O)O)c3)cc2o1. The summed E-state index contributed by atoms with van der Waals surface area (Å²) in [5, 5.41) is 12.1. The van der Waals surface area contributed by atoms with Gasteiger partial charge < -0.3 is 24.3 Å². The van der Waals surface area contributed by atoms with E-state index < -0.39 is 5.97 Å². The van der Waals surface area contributed by atoms with Crippen molar-refractivity contribution in [2.75, 3.05) is 12.4 Å². The highest BCUT2D eigenvalue weighted by Gasteiger charge is 2.11. The van der Waals surface area contributed by atoms with Gasteiger partial charge in [-0.1, -0.05) is 12.1 Å². The molecule has 0 fully saturated rings. The minimum atomic E-state index is -1.12. The number of pyridine rings is 1. The third-order valence-electron chi connectivity index (χ3n) is 3.89. The molecule has 140 valence electrons. The Bertz CT molecular complexity index is 1160. The normalized spacial score (nSPS) is 10.6. The summed E-state index contributed by atoms with van der Waals surface area (Å²) in [5.41, 5.74) is 1.79. The summed E-state index contributed by atoms with van der Waals surface area (Å²) in [6.07, 6.45) is 1.38. The fraction of sp³-hybridized carbons (Fsp3) is 0.0500. The van der Waals surface area contributed by atoms with Gasteiger partial charge in [0.1, 0.15) is 22.8 Å². The Hall–Kier alpha value is -4.07. The van der Waals surface area contributed by atoms with Crippen LogP contribution in [-0.4, -0.2) is 28.2 Å². The second kappa shape index (κ2) is 7.28. The Labute approximate surface area is 159 Å². The molecule has 0 bridgehead atoms. The van der Waals surface area contributed by atoms with Gasteiger partial charge in [-0.05, 0) is 30.3 Å². The van der Waals surface area contributed by atoms with Crippen LogP contribution < -0.4 is 14.8 Å².